The highest BCUT2D eigenvalue weighted by molar-refractivity contribution is 7.91. The van der Waals surface area contributed by atoms with E-state index in [0.717, 1.165) is 16.3 Å². The van der Waals surface area contributed by atoms with Gasteiger partial charge in [0.25, 0.3) is 10.0 Å². The van der Waals surface area contributed by atoms with Crippen molar-refractivity contribution in [1.29, 1.82) is 0 Å². The fourth-order valence-electron chi connectivity index (χ4n) is 3.69. The quantitative estimate of drug-likeness (QED) is 0.693. The zero-order valence-corrected chi connectivity index (χ0v) is 17.0. The predicted octanol–water partition coefficient (Wildman–Crippen LogP) is 3.62. The average Bonchev–Trinajstić information content (AvgIpc) is 3.28. The van der Waals surface area contributed by atoms with Crippen molar-refractivity contribution >= 4 is 38.0 Å². The summed E-state index contributed by atoms with van der Waals surface area (Å²) in [7, 11) is -3.51. The predicted molar refractivity (Wildman–Crippen MR) is 112 cm³/mol. The molecule has 0 aliphatic carbocycles. The first kappa shape index (κ1) is 19.1. The van der Waals surface area contributed by atoms with E-state index < -0.39 is 10.0 Å². The van der Waals surface area contributed by atoms with Crippen molar-refractivity contribution in [3.05, 3.63) is 65.5 Å². The zero-order chi connectivity index (χ0) is 19.6. The van der Waals surface area contributed by atoms with E-state index in [-0.39, 0.29) is 18.4 Å². The van der Waals surface area contributed by atoms with Crippen molar-refractivity contribution in [2.45, 2.75) is 23.6 Å². The normalized spacial score (nSPS) is 18.2. The van der Waals surface area contributed by atoms with Crippen LogP contribution in [-0.2, 0) is 21.4 Å². The van der Waals surface area contributed by atoms with Gasteiger partial charge in [0.2, 0.25) is 5.91 Å². The Morgan fingerprint density at radius 1 is 1.11 bits per heavy atom. The SMILES string of the molecule is O=C(NCc1cccc2ccccc12)C1CCCN(S(=O)(=O)c2cccs2)C1. The van der Waals surface area contributed by atoms with Crippen LogP contribution in [0.15, 0.2) is 64.2 Å². The standard InChI is InChI=1S/C21H22N2O3S2/c24-21(22-14-17-8-3-7-16-6-1-2-10-19(16)17)18-9-4-12-23(15-18)28(25,26)20-11-5-13-27-20/h1-3,5-8,10-11,13,18H,4,9,12,14-15H2,(H,22,24). The molecule has 1 atom stereocenters. The first-order valence-corrected chi connectivity index (χ1v) is 11.7. The van der Waals surface area contributed by atoms with Gasteiger partial charge in [0.05, 0.1) is 5.92 Å². The molecule has 5 nitrogen and oxygen atoms in total. The Hall–Kier alpha value is -2.22. The summed E-state index contributed by atoms with van der Waals surface area (Å²) in [6.07, 6.45) is 1.40. The van der Waals surface area contributed by atoms with Gasteiger partial charge < -0.3 is 5.32 Å². The lowest BCUT2D eigenvalue weighted by Gasteiger charge is -2.30. The number of piperidine rings is 1. The van der Waals surface area contributed by atoms with Gasteiger partial charge in [0, 0.05) is 19.6 Å². The highest BCUT2D eigenvalue weighted by Gasteiger charge is 2.33. The topological polar surface area (TPSA) is 66.5 Å². The van der Waals surface area contributed by atoms with Crippen LogP contribution in [0.3, 0.4) is 0 Å². The molecule has 2 aromatic carbocycles. The highest BCUT2D eigenvalue weighted by atomic mass is 32.2. The van der Waals surface area contributed by atoms with Crippen LogP contribution in [0.2, 0.25) is 0 Å². The number of fused-ring (bicyclic) bond motifs is 1. The molecule has 146 valence electrons. The number of amides is 1. The molecule has 7 heteroatoms. The molecule has 1 unspecified atom stereocenters. The summed E-state index contributed by atoms with van der Waals surface area (Å²) >= 11 is 1.21. The summed E-state index contributed by atoms with van der Waals surface area (Å²) in [5.74, 6) is -0.405. The molecule has 1 N–H and O–H groups in total. The molecule has 0 saturated carbocycles. The minimum Gasteiger partial charge on any atom is -0.352 e. The Labute approximate surface area is 169 Å². The van der Waals surface area contributed by atoms with Crippen LogP contribution in [-0.4, -0.2) is 31.7 Å². The van der Waals surface area contributed by atoms with Crippen molar-refractivity contribution in [1.82, 2.24) is 9.62 Å². The molecule has 1 aromatic heterocycles. The third-order valence-corrected chi connectivity index (χ3v) is 8.42. The van der Waals surface area contributed by atoms with Gasteiger partial charge in [-0.15, -0.1) is 11.3 Å². The number of carbonyl (C=O) groups excluding carboxylic acids is 1. The van der Waals surface area contributed by atoms with E-state index in [1.54, 1.807) is 17.5 Å². The van der Waals surface area contributed by atoms with Crippen molar-refractivity contribution in [2.24, 2.45) is 5.92 Å². The first-order chi connectivity index (χ1) is 13.6. The van der Waals surface area contributed by atoms with E-state index in [1.807, 2.05) is 30.3 Å². The average molecular weight is 415 g/mol. The minimum atomic E-state index is -3.51. The van der Waals surface area contributed by atoms with Gasteiger partial charge in [-0.1, -0.05) is 48.5 Å². The van der Waals surface area contributed by atoms with Crippen molar-refractivity contribution in [3.8, 4) is 0 Å². The number of nitrogens with zero attached hydrogens (tertiary/aromatic N) is 1. The molecular formula is C21H22N2O3S2. The molecule has 3 aromatic rings. The number of nitrogens with one attached hydrogen (secondary N) is 1. The molecule has 0 spiro atoms. The van der Waals surface area contributed by atoms with Crippen LogP contribution in [0.5, 0.6) is 0 Å². The largest absolute Gasteiger partial charge is 0.352 e. The summed E-state index contributed by atoms with van der Waals surface area (Å²) < 4.78 is 27.3. The number of benzene rings is 2. The van der Waals surface area contributed by atoms with E-state index >= 15 is 0 Å². The van der Waals surface area contributed by atoms with Gasteiger partial charge in [-0.2, -0.15) is 4.31 Å². The summed E-state index contributed by atoms with van der Waals surface area (Å²) in [5, 5.41) is 7.03. The maximum Gasteiger partial charge on any atom is 0.252 e. The van der Waals surface area contributed by atoms with Crippen molar-refractivity contribution < 1.29 is 13.2 Å². The van der Waals surface area contributed by atoms with Crippen molar-refractivity contribution in [3.63, 3.8) is 0 Å². The molecule has 0 radical (unpaired) electrons. The van der Waals surface area contributed by atoms with Crippen LogP contribution in [0.4, 0.5) is 0 Å². The summed E-state index contributed by atoms with van der Waals surface area (Å²) in [6.45, 7) is 1.14. The van der Waals surface area contributed by atoms with E-state index in [2.05, 4.69) is 17.4 Å². The van der Waals surface area contributed by atoms with Gasteiger partial charge in [-0.05, 0) is 40.6 Å². The lowest BCUT2D eigenvalue weighted by molar-refractivity contribution is -0.126. The van der Waals surface area contributed by atoms with Gasteiger partial charge in [-0.3, -0.25) is 4.79 Å². The molecule has 28 heavy (non-hydrogen) atoms. The fraction of sp³-hybridized carbons (Fsp3) is 0.286. The number of carbonyl (C=O) groups is 1. The lowest BCUT2D eigenvalue weighted by atomic mass is 9.98. The van der Waals surface area contributed by atoms with Gasteiger partial charge in [0.1, 0.15) is 4.21 Å². The van der Waals surface area contributed by atoms with E-state index in [9.17, 15) is 13.2 Å². The van der Waals surface area contributed by atoms with Crippen molar-refractivity contribution in [2.75, 3.05) is 13.1 Å². The second kappa shape index (κ2) is 8.03. The second-order valence-corrected chi connectivity index (χ2v) is 10.1. The molecular weight excluding hydrogens is 392 g/mol. The molecule has 1 aliphatic heterocycles. The van der Waals surface area contributed by atoms with E-state index in [4.69, 9.17) is 0 Å². The number of rotatable bonds is 5. The van der Waals surface area contributed by atoms with E-state index in [0.29, 0.717) is 30.1 Å². The fourth-order valence-corrected chi connectivity index (χ4v) is 6.35. The number of sulfonamides is 1. The van der Waals surface area contributed by atoms with Crippen LogP contribution in [0, 0.1) is 5.92 Å². The van der Waals surface area contributed by atoms with Gasteiger partial charge in [-0.25, -0.2) is 8.42 Å². The third-order valence-electron chi connectivity index (χ3n) is 5.18. The number of hydrogen-bond donors (Lipinski definition) is 1. The van der Waals surface area contributed by atoms with Crippen LogP contribution in [0.1, 0.15) is 18.4 Å². The maximum absolute atomic E-state index is 12.7. The van der Waals surface area contributed by atoms with Crippen LogP contribution >= 0.6 is 11.3 Å². The molecule has 4 rings (SSSR count). The summed E-state index contributed by atoms with van der Waals surface area (Å²) in [5.41, 5.74) is 1.06. The molecule has 2 heterocycles. The lowest BCUT2D eigenvalue weighted by Crippen LogP contribution is -2.45. The Morgan fingerprint density at radius 3 is 2.75 bits per heavy atom. The third kappa shape index (κ3) is 3.83. The Bertz CT molecular complexity index is 1070. The molecule has 1 aliphatic rings. The zero-order valence-electron chi connectivity index (χ0n) is 15.4. The highest BCUT2D eigenvalue weighted by Crippen LogP contribution is 2.26. The smallest absolute Gasteiger partial charge is 0.252 e. The molecule has 1 fully saturated rings. The van der Waals surface area contributed by atoms with Gasteiger partial charge >= 0.3 is 0 Å². The van der Waals surface area contributed by atoms with Crippen LogP contribution < -0.4 is 5.32 Å². The second-order valence-electron chi connectivity index (χ2n) is 6.99. The Balaban J connectivity index is 1.43. The monoisotopic (exact) mass is 414 g/mol. The van der Waals surface area contributed by atoms with Crippen LogP contribution in [0.25, 0.3) is 10.8 Å². The summed E-state index contributed by atoms with van der Waals surface area (Å²) in [4.78, 5) is 12.7. The van der Waals surface area contributed by atoms with E-state index in [1.165, 1.54) is 15.6 Å². The molecule has 0 bridgehead atoms. The molecule has 1 amide bonds. The van der Waals surface area contributed by atoms with Gasteiger partial charge in [0.15, 0.2) is 0 Å². The maximum atomic E-state index is 12.7. The minimum absolute atomic E-state index is 0.0842. The number of hydrogen-bond acceptors (Lipinski definition) is 4. The Kier molecular flexibility index (Phi) is 5.48. The first-order valence-electron chi connectivity index (χ1n) is 9.34. The molecule has 1 saturated heterocycles. The summed E-state index contributed by atoms with van der Waals surface area (Å²) in [6, 6.07) is 17.5. The Morgan fingerprint density at radius 2 is 1.93 bits per heavy atom. The number of thiophene rings is 1.